The molecule has 1 aliphatic heterocycles. The monoisotopic (exact) mass is 436 g/mol. The summed E-state index contributed by atoms with van der Waals surface area (Å²) < 4.78 is 4.82. The molecular weight excluding hydrogens is 412 g/mol. The molecule has 0 spiro atoms. The van der Waals surface area contributed by atoms with Gasteiger partial charge in [0.15, 0.2) is 6.61 Å². The lowest BCUT2D eigenvalue weighted by molar-refractivity contribution is 0.159. The molecule has 0 bridgehead atoms. The number of aromatic nitrogens is 4. The minimum Gasteiger partial charge on any atom is -0.436 e. The second kappa shape index (κ2) is 9.62. The Hall–Kier alpha value is -3.38. The largest absolute Gasteiger partial charge is 0.436 e. The van der Waals surface area contributed by atoms with Crippen LogP contribution < -0.4 is 10.2 Å². The molecule has 3 aromatic heterocycles. The average molecular weight is 437 g/mol. The van der Waals surface area contributed by atoms with E-state index in [9.17, 15) is 4.79 Å². The number of hydrogen-bond acceptors (Lipinski definition) is 7. The molecule has 1 fully saturated rings. The van der Waals surface area contributed by atoms with Crippen LogP contribution in [0, 0.1) is 18.3 Å². The number of aromatic amines is 1. The molecule has 9 heteroatoms. The van der Waals surface area contributed by atoms with E-state index >= 15 is 0 Å². The number of anilines is 1. The molecule has 1 aliphatic rings. The Labute approximate surface area is 185 Å². The number of ether oxygens (including phenoxy) is 1. The number of carbonyl (C=O) groups excluding carboxylic acids is 1. The Balaban J connectivity index is 1.59. The Morgan fingerprint density at radius 1 is 1.52 bits per heavy atom. The van der Waals surface area contributed by atoms with Crippen LogP contribution in [0.5, 0.6) is 0 Å². The summed E-state index contributed by atoms with van der Waals surface area (Å²) in [6.45, 7) is 4.44. The molecule has 1 unspecified atom stereocenters. The molecule has 0 saturated carbocycles. The van der Waals surface area contributed by atoms with Crippen molar-refractivity contribution in [2.75, 3.05) is 24.6 Å². The summed E-state index contributed by atoms with van der Waals surface area (Å²) in [5, 5.41) is 11.0. The van der Waals surface area contributed by atoms with E-state index in [0.717, 1.165) is 52.2 Å². The Bertz CT molecular complexity index is 1070. The summed E-state index contributed by atoms with van der Waals surface area (Å²) in [7, 11) is 0. The van der Waals surface area contributed by atoms with Crippen molar-refractivity contribution in [1.29, 1.82) is 0 Å². The number of nitrogens with zero attached hydrogens (tertiary/aromatic N) is 4. The van der Waals surface area contributed by atoms with Gasteiger partial charge in [0.05, 0.1) is 17.1 Å². The van der Waals surface area contributed by atoms with Crippen molar-refractivity contribution in [3.8, 4) is 33.5 Å². The number of hydrogen-bond donors (Lipinski definition) is 2. The maximum atomic E-state index is 11.6. The number of H-pyrrole nitrogens is 1. The number of carbonyl (C=O) groups is 1. The maximum Gasteiger partial charge on any atom is 0.408 e. The fourth-order valence-electron chi connectivity index (χ4n) is 3.58. The van der Waals surface area contributed by atoms with Gasteiger partial charge in [-0.1, -0.05) is 12.8 Å². The van der Waals surface area contributed by atoms with E-state index in [1.165, 1.54) is 6.42 Å². The molecule has 1 amide bonds. The van der Waals surface area contributed by atoms with Crippen molar-refractivity contribution in [3.05, 3.63) is 36.3 Å². The molecule has 0 radical (unpaired) electrons. The first-order valence-electron chi connectivity index (χ1n) is 10.2. The average Bonchev–Trinajstić information content (AvgIpc) is 3.44. The second-order valence-corrected chi connectivity index (χ2v) is 8.52. The summed E-state index contributed by atoms with van der Waals surface area (Å²) >= 11 is 1.60. The van der Waals surface area contributed by atoms with E-state index in [2.05, 4.69) is 38.2 Å². The molecule has 1 atom stereocenters. The highest BCUT2D eigenvalue weighted by molar-refractivity contribution is 7.19. The molecule has 4 rings (SSSR count). The highest BCUT2D eigenvalue weighted by atomic mass is 32.1. The van der Waals surface area contributed by atoms with E-state index in [4.69, 9.17) is 16.1 Å². The van der Waals surface area contributed by atoms with E-state index in [1.54, 1.807) is 17.5 Å². The van der Waals surface area contributed by atoms with Crippen LogP contribution in [0.3, 0.4) is 0 Å². The number of terminal acetylenes is 1. The molecule has 3 aromatic rings. The fourth-order valence-corrected chi connectivity index (χ4v) is 4.62. The predicted octanol–water partition coefficient (Wildman–Crippen LogP) is 3.69. The topological polar surface area (TPSA) is 96.0 Å². The number of amides is 1. The SMILES string of the molecule is C#CCOC(=O)NCc1cc(-c2sc(-c3cccnc3)nc2N2CCCC(C)C2)n[nH]1. The van der Waals surface area contributed by atoms with Gasteiger partial charge in [-0.25, -0.2) is 9.78 Å². The summed E-state index contributed by atoms with van der Waals surface area (Å²) in [6.07, 6.45) is 10.5. The van der Waals surface area contributed by atoms with E-state index in [-0.39, 0.29) is 13.2 Å². The van der Waals surface area contributed by atoms with Crippen molar-refractivity contribution in [3.63, 3.8) is 0 Å². The maximum absolute atomic E-state index is 11.6. The Morgan fingerprint density at radius 2 is 2.42 bits per heavy atom. The zero-order valence-corrected chi connectivity index (χ0v) is 18.1. The lowest BCUT2D eigenvalue weighted by Crippen LogP contribution is -2.34. The molecule has 31 heavy (non-hydrogen) atoms. The number of pyridine rings is 1. The van der Waals surface area contributed by atoms with Crippen LogP contribution in [-0.4, -0.2) is 46.0 Å². The second-order valence-electron chi connectivity index (χ2n) is 7.52. The van der Waals surface area contributed by atoms with Crippen molar-refractivity contribution in [1.82, 2.24) is 25.5 Å². The highest BCUT2D eigenvalue weighted by Gasteiger charge is 2.25. The van der Waals surface area contributed by atoms with Crippen molar-refractivity contribution < 1.29 is 9.53 Å². The number of alkyl carbamates (subject to hydrolysis) is 1. The zero-order chi connectivity index (χ0) is 21.6. The van der Waals surface area contributed by atoms with Gasteiger partial charge in [-0.05, 0) is 37.0 Å². The van der Waals surface area contributed by atoms with Gasteiger partial charge in [0.2, 0.25) is 0 Å². The third kappa shape index (κ3) is 5.03. The molecular formula is C22H24N6O2S. The van der Waals surface area contributed by atoms with Gasteiger partial charge in [0.25, 0.3) is 0 Å². The molecule has 160 valence electrons. The van der Waals surface area contributed by atoms with Crippen LogP contribution >= 0.6 is 11.3 Å². The lowest BCUT2D eigenvalue weighted by Gasteiger charge is -2.31. The molecule has 0 aromatic carbocycles. The standard InChI is InChI=1S/C22H24N6O2S/c1-3-10-30-22(29)24-13-17-11-18(27-26-17)19-20(28-9-5-6-15(2)14-28)25-21(31-19)16-7-4-8-23-12-16/h1,4,7-8,11-12,15H,5-6,9-10,13-14H2,2H3,(H,24,29)(H,26,27). The third-order valence-corrected chi connectivity index (χ3v) is 6.16. The van der Waals surface area contributed by atoms with E-state index in [0.29, 0.717) is 5.92 Å². The predicted molar refractivity (Wildman–Crippen MR) is 121 cm³/mol. The van der Waals surface area contributed by atoms with Crippen LogP contribution in [0.25, 0.3) is 21.1 Å². The first kappa shape index (κ1) is 20.9. The van der Waals surface area contributed by atoms with Gasteiger partial charge < -0.3 is 15.0 Å². The number of thiazole rings is 1. The Morgan fingerprint density at radius 3 is 3.19 bits per heavy atom. The van der Waals surface area contributed by atoms with Crippen LogP contribution in [-0.2, 0) is 11.3 Å². The van der Waals surface area contributed by atoms with Crippen LogP contribution in [0.4, 0.5) is 10.6 Å². The minimum absolute atomic E-state index is 0.0599. The van der Waals surface area contributed by atoms with E-state index in [1.807, 2.05) is 24.4 Å². The summed E-state index contributed by atoms with van der Waals surface area (Å²) in [5.74, 6) is 3.84. The first-order chi connectivity index (χ1) is 15.1. The summed E-state index contributed by atoms with van der Waals surface area (Å²) in [4.78, 5) is 24.2. The first-order valence-corrected chi connectivity index (χ1v) is 11.0. The number of piperidine rings is 1. The normalized spacial score (nSPS) is 16.0. The van der Waals surface area contributed by atoms with Gasteiger partial charge in [0.1, 0.15) is 16.5 Å². The summed E-state index contributed by atoms with van der Waals surface area (Å²) in [5.41, 5.74) is 2.55. The third-order valence-electron chi connectivity index (χ3n) is 5.05. The van der Waals surface area contributed by atoms with Crippen LogP contribution in [0.2, 0.25) is 0 Å². The van der Waals surface area contributed by atoms with Crippen LogP contribution in [0.15, 0.2) is 30.6 Å². The van der Waals surface area contributed by atoms with Gasteiger partial charge in [-0.2, -0.15) is 5.10 Å². The number of nitrogens with one attached hydrogen (secondary N) is 2. The van der Waals surface area contributed by atoms with Crippen molar-refractivity contribution in [2.45, 2.75) is 26.3 Å². The minimum atomic E-state index is -0.561. The zero-order valence-electron chi connectivity index (χ0n) is 17.3. The van der Waals surface area contributed by atoms with Gasteiger partial charge in [-0.3, -0.25) is 10.1 Å². The van der Waals surface area contributed by atoms with Gasteiger partial charge >= 0.3 is 6.09 Å². The fraction of sp³-hybridized carbons (Fsp3) is 0.364. The van der Waals surface area contributed by atoms with Gasteiger partial charge in [-0.15, -0.1) is 17.8 Å². The van der Waals surface area contributed by atoms with Gasteiger partial charge in [0, 0.05) is 31.0 Å². The van der Waals surface area contributed by atoms with E-state index < -0.39 is 6.09 Å². The molecule has 0 aliphatic carbocycles. The molecule has 4 heterocycles. The van der Waals surface area contributed by atoms with Crippen molar-refractivity contribution in [2.24, 2.45) is 5.92 Å². The quantitative estimate of drug-likeness (QED) is 0.572. The molecule has 1 saturated heterocycles. The highest BCUT2D eigenvalue weighted by Crippen LogP contribution is 2.40. The van der Waals surface area contributed by atoms with Crippen LogP contribution in [0.1, 0.15) is 25.5 Å². The summed E-state index contributed by atoms with van der Waals surface area (Å²) in [6, 6.07) is 5.86. The lowest BCUT2D eigenvalue weighted by atomic mass is 10.0. The van der Waals surface area contributed by atoms with Crippen molar-refractivity contribution >= 4 is 23.2 Å². The number of rotatable bonds is 6. The molecule has 8 nitrogen and oxygen atoms in total. The smallest absolute Gasteiger partial charge is 0.408 e. The Kier molecular flexibility index (Phi) is 6.48. The molecule has 2 N–H and O–H groups in total.